The lowest BCUT2D eigenvalue weighted by Crippen LogP contribution is -1.82. The molecule has 0 aliphatic heterocycles. The Morgan fingerprint density at radius 1 is 1.57 bits per heavy atom. The SMILES string of the molecule is [CH]=C1C=CCCC1. The fourth-order valence-corrected chi connectivity index (χ4v) is 0.742. The van der Waals surface area contributed by atoms with Gasteiger partial charge in [-0.1, -0.05) is 18.7 Å². The van der Waals surface area contributed by atoms with Crippen LogP contribution in [0.1, 0.15) is 19.3 Å². The van der Waals surface area contributed by atoms with E-state index in [4.69, 9.17) is 6.58 Å². The van der Waals surface area contributed by atoms with E-state index in [1.165, 1.54) is 12.8 Å². The van der Waals surface area contributed by atoms with E-state index in [9.17, 15) is 0 Å². The Hall–Kier alpha value is -0.520. The van der Waals surface area contributed by atoms with Gasteiger partial charge in [0, 0.05) is 0 Å². The van der Waals surface area contributed by atoms with Crippen molar-refractivity contribution in [3.05, 3.63) is 24.3 Å². The molecule has 0 aromatic rings. The first-order chi connectivity index (χ1) is 3.39. The summed E-state index contributed by atoms with van der Waals surface area (Å²) in [5.74, 6) is 0. The summed E-state index contributed by atoms with van der Waals surface area (Å²) in [6.45, 7) is 5.46. The largest absolute Gasteiger partial charge is 0.0843 e. The van der Waals surface area contributed by atoms with Crippen molar-refractivity contribution < 1.29 is 0 Å². The summed E-state index contributed by atoms with van der Waals surface area (Å²) < 4.78 is 0. The van der Waals surface area contributed by atoms with Gasteiger partial charge in [-0.05, 0) is 24.8 Å². The average molecular weight is 93.1 g/mol. The van der Waals surface area contributed by atoms with Crippen molar-refractivity contribution in [3.63, 3.8) is 0 Å². The molecule has 37 valence electrons. The van der Waals surface area contributed by atoms with Crippen LogP contribution in [-0.2, 0) is 0 Å². The minimum absolute atomic E-state index is 1.03. The van der Waals surface area contributed by atoms with Crippen LogP contribution in [0, 0.1) is 6.58 Å². The fraction of sp³-hybridized carbons (Fsp3) is 0.429. The molecule has 7 heavy (non-hydrogen) atoms. The van der Waals surface area contributed by atoms with Crippen LogP contribution in [-0.4, -0.2) is 0 Å². The van der Waals surface area contributed by atoms with Crippen LogP contribution < -0.4 is 0 Å². The number of hydrogen-bond donors (Lipinski definition) is 0. The quantitative estimate of drug-likeness (QED) is 0.430. The molecule has 0 saturated carbocycles. The summed E-state index contributed by atoms with van der Waals surface area (Å²) in [4.78, 5) is 0. The van der Waals surface area contributed by atoms with Crippen LogP contribution in [0.15, 0.2) is 17.7 Å². The molecule has 0 N–H and O–H groups in total. The molecule has 0 heterocycles. The maximum Gasteiger partial charge on any atom is -0.0276 e. The zero-order chi connectivity index (χ0) is 5.11. The molecule has 1 aliphatic rings. The summed E-state index contributed by atoms with van der Waals surface area (Å²) in [7, 11) is 0. The molecule has 0 saturated heterocycles. The minimum Gasteiger partial charge on any atom is -0.0843 e. The molecule has 0 bridgehead atoms. The molecule has 0 nitrogen and oxygen atoms in total. The monoisotopic (exact) mass is 93.1 g/mol. The van der Waals surface area contributed by atoms with Crippen molar-refractivity contribution in [2.75, 3.05) is 0 Å². The third-order valence-corrected chi connectivity index (χ3v) is 1.17. The lowest BCUT2D eigenvalue weighted by molar-refractivity contribution is 0.822. The second-order valence-corrected chi connectivity index (χ2v) is 1.87. The number of hydrogen-bond acceptors (Lipinski definition) is 0. The Bertz CT molecular complexity index is 98.6. The van der Waals surface area contributed by atoms with E-state index in [0.717, 1.165) is 12.0 Å². The van der Waals surface area contributed by atoms with E-state index in [1.807, 2.05) is 6.08 Å². The highest BCUT2D eigenvalue weighted by Crippen LogP contribution is 2.12. The van der Waals surface area contributed by atoms with Crippen LogP contribution in [0.5, 0.6) is 0 Å². The minimum atomic E-state index is 1.03. The van der Waals surface area contributed by atoms with Crippen LogP contribution >= 0.6 is 0 Å². The predicted molar refractivity (Wildman–Crippen MR) is 30.8 cm³/mol. The van der Waals surface area contributed by atoms with Gasteiger partial charge in [0.25, 0.3) is 0 Å². The third kappa shape index (κ3) is 1.19. The maximum atomic E-state index is 5.46. The highest BCUT2D eigenvalue weighted by molar-refractivity contribution is 5.15. The summed E-state index contributed by atoms with van der Waals surface area (Å²) >= 11 is 0. The Morgan fingerprint density at radius 2 is 2.43 bits per heavy atom. The van der Waals surface area contributed by atoms with Crippen molar-refractivity contribution in [1.29, 1.82) is 0 Å². The van der Waals surface area contributed by atoms with Crippen LogP contribution in [0.2, 0.25) is 0 Å². The molecular weight excluding hydrogens is 84.1 g/mol. The summed E-state index contributed by atoms with van der Waals surface area (Å²) in [5.41, 5.74) is 1.03. The highest BCUT2D eigenvalue weighted by Gasteiger charge is 1.92. The fourth-order valence-electron chi connectivity index (χ4n) is 0.742. The Kier molecular flexibility index (Phi) is 1.30. The first-order valence-corrected chi connectivity index (χ1v) is 2.67. The van der Waals surface area contributed by atoms with Crippen LogP contribution in [0.3, 0.4) is 0 Å². The first-order valence-electron chi connectivity index (χ1n) is 2.67. The van der Waals surface area contributed by atoms with Gasteiger partial charge in [-0.15, -0.1) is 0 Å². The lowest BCUT2D eigenvalue weighted by Gasteiger charge is -2.01. The van der Waals surface area contributed by atoms with E-state index < -0.39 is 0 Å². The van der Waals surface area contributed by atoms with Gasteiger partial charge in [-0.3, -0.25) is 0 Å². The third-order valence-electron chi connectivity index (χ3n) is 1.17. The molecule has 0 fully saturated rings. The molecule has 0 aromatic carbocycles. The van der Waals surface area contributed by atoms with Gasteiger partial charge in [-0.25, -0.2) is 0 Å². The predicted octanol–water partition coefficient (Wildman–Crippen LogP) is 2.09. The van der Waals surface area contributed by atoms with Crippen LogP contribution in [0.25, 0.3) is 0 Å². The zero-order valence-electron chi connectivity index (χ0n) is 4.35. The molecule has 0 aromatic heterocycles. The normalized spacial score (nSPS) is 20.3. The summed E-state index contributed by atoms with van der Waals surface area (Å²) in [6.07, 6.45) is 7.67. The Morgan fingerprint density at radius 3 is 2.71 bits per heavy atom. The zero-order valence-corrected chi connectivity index (χ0v) is 4.35. The Balaban J connectivity index is 2.51. The molecule has 1 aliphatic carbocycles. The van der Waals surface area contributed by atoms with Crippen molar-refractivity contribution in [2.24, 2.45) is 0 Å². The van der Waals surface area contributed by atoms with Crippen LogP contribution in [0.4, 0.5) is 0 Å². The topological polar surface area (TPSA) is 0 Å². The molecule has 0 heteroatoms. The van der Waals surface area contributed by atoms with Gasteiger partial charge < -0.3 is 0 Å². The van der Waals surface area contributed by atoms with E-state index >= 15 is 0 Å². The van der Waals surface area contributed by atoms with Crippen molar-refractivity contribution in [2.45, 2.75) is 19.3 Å². The van der Waals surface area contributed by atoms with Gasteiger partial charge in [0.05, 0.1) is 0 Å². The Labute approximate surface area is 44.5 Å². The van der Waals surface area contributed by atoms with Gasteiger partial charge in [-0.2, -0.15) is 0 Å². The number of allylic oxidation sites excluding steroid dienone is 3. The second-order valence-electron chi connectivity index (χ2n) is 1.87. The van der Waals surface area contributed by atoms with Crippen molar-refractivity contribution >= 4 is 0 Å². The lowest BCUT2D eigenvalue weighted by atomic mass is 10.0. The molecule has 0 amide bonds. The molecule has 1 radical (unpaired) electrons. The van der Waals surface area contributed by atoms with E-state index in [1.54, 1.807) is 0 Å². The van der Waals surface area contributed by atoms with Gasteiger partial charge in [0.2, 0.25) is 0 Å². The molecule has 0 spiro atoms. The molecule has 0 unspecified atom stereocenters. The van der Waals surface area contributed by atoms with Gasteiger partial charge in [0.15, 0.2) is 0 Å². The second kappa shape index (κ2) is 1.97. The van der Waals surface area contributed by atoms with E-state index in [-0.39, 0.29) is 0 Å². The molecule has 1 rings (SSSR count). The van der Waals surface area contributed by atoms with E-state index in [0.29, 0.717) is 0 Å². The van der Waals surface area contributed by atoms with Gasteiger partial charge >= 0.3 is 0 Å². The van der Waals surface area contributed by atoms with E-state index in [2.05, 4.69) is 6.08 Å². The smallest absolute Gasteiger partial charge is 0.0276 e. The standard InChI is InChI=1S/C7H9/c1-7-5-3-2-4-6-7/h1,3,5H,2,4,6H2. The number of rotatable bonds is 0. The van der Waals surface area contributed by atoms with Gasteiger partial charge in [0.1, 0.15) is 0 Å². The van der Waals surface area contributed by atoms with Crippen molar-refractivity contribution in [1.82, 2.24) is 0 Å². The highest BCUT2D eigenvalue weighted by atomic mass is 14.0. The van der Waals surface area contributed by atoms with Crippen molar-refractivity contribution in [3.8, 4) is 0 Å². The summed E-state index contributed by atoms with van der Waals surface area (Å²) in [5, 5.41) is 0. The first kappa shape index (κ1) is 4.63. The molecular formula is C7H9. The average Bonchev–Trinajstić information content (AvgIpc) is 1.69. The summed E-state index contributed by atoms with van der Waals surface area (Å²) in [6, 6.07) is 0. The maximum absolute atomic E-state index is 5.46. The molecule has 0 atom stereocenters.